The summed E-state index contributed by atoms with van der Waals surface area (Å²) in [6.45, 7) is 5.02. The topological polar surface area (TPSA) is 74.3 Å². The Morgan fingerprint density at radius 3 is 2.65 bits per heavy atom. The van der Waals surface area contributed by atoms with E-state index in [0.717, 1.165) is 48.0 Å². The molecule has 0 unspecified atom stereocenters. The van der Waals surface area contributed by atoms with Crippen molar-refractivity contribution in [1.29, 1.82) is 0 Å². The van der Waals surface area contributed by atoms with Crippen LogP contribution >= 0.6 is 0 Å². The van der Waals surface area contributed by atoms with Crippen LogP contribution in [0.1, 0.15) is 25.3 Å². The summed E-state index contributed by atoms with van der Waals surface area (Å²) in [5, 5.41) is 9.29. The maximum absolute atomic E-state index is 11.8. The molecule has 6 nitrogen and oxygen atoms in total. The molecule has 0 bridgehead atoms. The molecule has 0 radical (unpaired) electrons. The van der Waals surface area contributed by atoms with Crippen molar-refractivity contribution in [2.45, 2.75) is 32.4 Å². The first-order chi connectivity index (χ1) is 14.9. The number of piperidine rings is 1. The first-order valence-corrected chi connectivity index (χ1v) is 12.7. The van der Waals surface area contributed by atoms with Gasteiger partial charge in [0, 0.05) is 49.1 Å². The van der Waals surface area contributed by atoms with Gasteiger partial charge in [-0.3, -0.25) is 4.98 Å². The molecular weight excluding hydrogens is 408 g/mol. The maximum Gasteiger partial charge on any atom is 0.211 e. The first-order valence-electron chi connectivity index (χ1n) is 10.8. The van der Waals surface area contributed by atoms with Gasteiger partial charge in [0.05, 0.1) is 6.26 Å². The highest BCUT2D eigenvalue weighted by Crippen LogP contribution is 2.32. The fourth-order valence-corrected chi connectivity index (χ4v) is 5.04. The van der Waals surface area contributed by atoms with Crippen LogP contribution in [0.3, 0.4) is 0 Å². The normalized spacial score (nSPS) is 15.9. The average molecular weight is 439 g/mol. The minimum absolute atomic E-state index is 0.233. The lowest BCUT2D eigenvalue weighted by Crippen LogP contribution is -2.41. The quantitative estimate of drug-likeness (QED) is 0.586. The van der Waals surface area contributed by atoms with Gasteiger partial charge in [-0.2, -0.15) is 0 Å². The van der Waals surface area contributed by atoms with E-state index in [1.165, 1.54) is 17.4 Å². The number of fused-ring (bicyclic) bond motifs is 1. The van der Waals surface area contributed by atoms with E-state index in [0.29, 0.717) is 13.1 Å². The number of benzene rings is 2. The van der Waals surface area contributed by atoms with Crippen molar-refractivity contribution in [3.8, 4) is 11.1 Å². The molecule has 164 valence electrons. The van der Waals surface area contributed by atoms with E-state index in [4.69, 9.17) is 0 Å². The lowest BCUT2D eigenvalue weighted by Gasteiger charge is -2.31. The van der Waals surface area contributed by atoms with Gasteiger partial charge in [0.2, 0.25) is 10.0 Å². The van der Waals surface area contributed by atoms with Gasteiger partial charge >= 0.3 is 0 Å². The molecule has 2 aromatic carbocycles. The molecule has 1 aromatic heterocycles. The highest BCUT2D eigenvalue weighted by atomic mass is 32.2. The summed E-state index contributed by atoms with van der Waals surface area (Å²) < 4.78 is 25.2. The van der Waals surface area contributed by atoms with Crippen LogP contribution in [-0.2, 0) is 16.6 Å². The Hall–Kier alpha value is -2.48. The van der Waals surface area contributed by atoms with E-state index in [1.807, 2.05) is 18.5 Å². The summed E-state index contributed by atoms with van der Waals surface area (Å²) in [5.41, 5.74) is 4.66. The van der Waals surface area contributed by atoms with Crippen molar-refractivity contribution in [2.75, 3.05) is 31.2 Å². The van der Waals surface area contributed by atoms with E-state index in [2.05, 4.69) is 58.9 Å². The zero-order chi connectivity index (χ0) is 21.8. The number of nitrogens with one attached hydrogen (secondary N) is 2. The molecule has 1 aliphatic rings. The van der Waals surface area contributed by atoms with Crippen LogP contribution in [0.2, 0.25) is 0 Å². The molecule has 0 spiro atoms. The van der Waals surface area contributed by atoms with E-state index >= 15 is 0 Å². The third-order valence-corrected chi connectivity index (χ3v) is 7.18. The SMILES string of the molecule is CCNCc1cccc(-c2cc(NC3CCN(S(C)(=O)=O)CC3)c3cnccc3c2)c1. The van der Waals surface area contributed by atoms with Crippen molar-refractivity contribution in [1.82, 2.24) is 14.6 Å². The largest absolute Gasteiger partial charge is 0.382 e. The van der Waals surface area contributed by atoms with Gasteiger partial charge in [-0.15, -0.1) is 0 Å². The zero-order valence-corrected chi connectivity index (χ0v) is 19.0. The predicted octanol–water partition coefficient (Wildman–Crippen LogP) is 3.85. The van der Waals surface area contributed by atoms with Crippen LogP contribution in [-0.4, -0.2) is 49.6 Å². The molecule has 2 N–H and O–H groups in total. The smallest absolute Gasteiger partial charge is 0.211 e. The van der Waals surface area contributed by atoms with Gasteiger partial charge in [0.15, 0.2) is 0 Å². The molecule has 1 aliphatic heterocycles. The Balaban J connectivity index is 1.62. The second-order valence-electron chi connectivity index (χ2n) is 8.18. The van der Waals surface area contributed by atoms with E-state index < -0.39 is 10.0 Å². The van der Waals surface area contributed by atoms with Gasteiger partial charge < -0.3 is 10.6 Å². The van der Waals surface area contributed by atoms with Gasteiger partial charge in [-0.05, 0) is 65.7 Å². The van der Waals surface area contributed by atoms with Crippen molar-refractivity contribution < 1.29 is 8.42 Å². The lowest BCUT2D eigenvalue weighted by atomic mass is 9.98. The number of hydrogen-bond donors (Lipinski definition) is 2. The van der Waals surface area contributed by atoms with Crippen molar-refractivity contribution in [3.05, 3.63) is 60.4 Å². The summed E-state index contributed by atoms with van der Waals surface area (Å²) in [6.07, 6.45) is 6.58. The van der Waals surface area contributed by atoms with Crippen molar-refractivity contribution in [2.24, 2.45) is 0 Å². The molecule has 1 fully saturated rings. The maximum atomic E-state index is 11.8. The average Bonchev–Trinajstić information content (AvgIpc) is 2.77. The second kappa shape index (κ2) is 9.34. The molecular formula is C24H30N4O2S. The number of rotatable bonds is 7. The Bertz CT molecular complexity index is 1160. The molecule has 1 saturated heterocycles. The molecule has 0 atom stereocenters. The van der Waals surface area contributed by atoms with E-state index in [1.54, 1.807) is 4.31 Å². The van der Waals surface area contributed by atoms with Crippen molar-refractivity contribution in [3.63, 3.8) is 0 Å². The van der Waals surface area contributed by atoms with Crippen LogP contribution in [0.4, 0.5) is 5.69 Å². The molecule has 4 rings (SSSR count). The Labute approximate surface area is 184 Å². The van der Waals surface area contributed by atoms with Gasteiger partial charge in [-0.1, -0.05) is 25.1 Å². The summed E-state index contributed by atoms with van der Waals surface area (Å²) in [4.78, 5) is 4.33. The zero-order valence-electron chi connectivity index (χ0n) is 18.1. The molecule has 2 heterocycles. The Morgan fingerprint density at radius 1 is 1.10 bits per heavy atom. The van der Waals surface area contributed by atoms with Gasteiger partial charge in [-0.25, -0.2) is 12.7 Å². The molecule has 7 heteroatoms. The standard InChI is InChI=1S/C24H30N4O2S/c1-3-25-16-18-5-4-6-19(13-18)21-14-20-7-10-26-17-23(20)24(15-21)27-22-8-11-28(12-9-22)31(2,29)30/h4-7,10,13-15,17,22,25,27H,3,8-9,11-12,16H2,1-2H3. The number of aromatic nitrogens is 1. The fourth-order valence-electron chi connectivity index (χ4n) is 4.17. The highest BCUT2D eigenvalue weighted by molar-refractivity contribution is 7.88. The van der Waals surface area contributed by atoms with Crippen LogP contribution in [0.15, 0.2) is 54.9 Å². The molecule has 3 aromatic rings. The third-order valence-electron chi connectivity index (χ3n) is 5.88. The Kier molecular flexibility index (Phi) is 6.55. The molecule has 0 aliphatic carbocycles. The number of sulfonamides is 1. The summed E-state index contributed by atoms with van der Waals surface area (Å²) in [5.74, 6) is 0. The van der Waals surface area contributed by atoms with Gasteiger partial charge in [0.25, 0.3) is 0 Å². The summed E-state index contributed by atoms with van der Waals surface area (Å²) in [6, 6.07) is 15.3. The van der Waals surface area contributed by atoms with Crippen LogP contribution in [0.25, 0.3) is 21.9 Å². The monoisotopic (exact) mass is 438 g/mol. The summed E-state index contributed by atoms with van der Waals surface area (Å²) >= 11 is 0. The molecule has 0 saturated carbocycles. The van der Waals surface area contributed by atoms with E-state index in [9.17, 15) is 8.42 Å². The number of pyridine rings is 1. The number of anilines is 1. The highest BCUT2D eigenvalue weighted by Gasteiger charge is 2.25. The first kappa shape index (κ1) is 21.7. The Morgan fingerprint density at radius 2 is 1.90 bits per heavy atom. The number of hydrogen-bond acceptors (Lipinski definition) is 5. The molecule has 0 amide bonds. The predicted molar refractivity (Wildman–Crippen MR) is 128 cm³/mol. The molecule has 31 heavy (non-hydrogen) atoms. The van der Waals surface area contributed by atoms with Crippen molar-refractivity contribution >= 4 is 26.5 Å². The fraction of sp³-hybridized carbons (Fsp3) is 0.375. The van der Waals surface area contributed by atoms with E-state index in [-0.39, 0.29) is 6.04 Å². The van der Waals surface area contributed by atoms with Crippen LogP contribution in [0, 0.1) is 0 Å². The van der Waals surface area contributed by atoms with Gasteiger partial charge in [0.1, 0.15) is 0 Å². The van der Waals surface area contributed by atoms with Crippen LogP contribution in [0.5, 0.6) is 0 Å². The second-order valence-corrected chi connectivity index (χ2v) is 10.2. The minimum atomic E-state index is -3.12. The lowest BCUT2D eigenvalue weighted by molar-refractivity contribution is 0.332. The van der Waals surface area contributed by atoms with Crippen LogP contribution < -0.4 is 10.6 Å². The third kappa shape index (κ3) is 5.23. The minimum Gasteiger partial charge on any atom is -0.382 e. The number of nitrogens with zero attached hydrogens (tertiary/aromatic N) is 2. The summed E-state index contributed by atoms with van der Waals surface area (Å²) in [7, 11) is -3.12.